The molecule has 2 nitrogen and oxygen atoms in total. The van der Waals surface area contributed by atoms with Crippen LogP contribution in [0.5, 0.6) is 0 Å². The molecule has 0 amide bonds. The molecule has 20 heavy (non-hydrogen) atoms. The molecule has 108 valence electrons. The second-order valence-electron chi connectivity index (χ2n) is 5.88. The van der Waals surface area contributed by atoms with Crippen LogP contribution in [0.1, 0.15) is 38.5 Å². The second-order valence-corrected chi connectivity index (χ2v) is 6.27. The van der Waals surface area contributed by atoms with Crippen LogP contribution >= 0.6 is 12.2 Å². The van der Waals surface area contributed by atoms with Gasteiger partial charge in [0.1, 0.15) is 5.82 Å². The minimum absolute atomic E-state index is 0.216. The second kappa shape index (κ2) is 6.08. The predicted molar refractivity (Wildman–Crippen MR) is 84.3 cm³/mol. The smallest absolute Gasteiger partial charge is 0.173 e. The maximum atomic E-state index is 12.9. The number of thiocarbonyl (C=S) groups is 1. The summed E-state index contributed by atoms with van der Waals surface area (Å²) in [6.07, 6.45) is 7.87. The van der Waals surface area contributed by atoms with E-state index in [1.165, 1.54) is 50.7 Å². The fourth-order valence-corrected chi connectivity index (χ4v) is 3.95. The third kappa shape index (κ3) is 2.95. The number of rotatable bonds is 1. The van der Waals surface area contributed by atoms with E-state index in [1.807, 2.05) is 0 Å². The summed E-state index contributed by atoms with van der Waals surface area (Å²) >= 11 is 5.58. The van der Waals surface area contributed by atoms with Gasteiger partial charge in [-0.15, -0.1) is 0 Å². The molecule has 1 saturated carbocycles. The standard InChI is InChI=1S/C16H21FN2S/c17-13-7-9-14(10-8-13)18-16(20)19-11-3-5-12-4-1-2-6-15(12)19/h7-10,12,15H,1-6,11H2,(H,18,20)/t12-,15-/m0/s1. The molecule has 0 unspecified atom stereocenters. The van der Waals surface area contributed by atoms with Crippen molar-refractivity contribution in [3.63, 3.8) is 0 Å². The number of benzene rings is 1. The molecule has 1 aliphatic heterocycles. The van der Waals surface area contributed by atoms with Gasteiger partial charge in [-0.1, -0.05) is 12.8 Å². The number of halogens is 1. The number of piperidine rings is 1. The first-order valence-corrected chi connectivity index (χ1v) is 7.98. The van der Waals surface area contributed by atoms with Gasteiger partial charge in [-0.3, -0.25) is 0 Å². The van der Waals surface area contributed by atoms with Crippen molar-refractivity contribution in [2.75, 3.05) is 11.9 Å². The van der Waals surface area contributed by atoms with Crippen LogP contribution in [-0.2, 0) is 0 Å². The van der Waals surface area contributed by atoms with Gasteiger partial charge >= 0.3 is 0 Å². The highest BCUT2D eigenvalue weighted by Crippen LogP contribution is 2.35. The van der Waals surface area contributed by atoms with Crippen LogP contribution in [0.15, 0.2) is 24.3 Å². The van der Waals surface area contributed by atoms with E-state index in [0.29, 0.717) is 6.04 Å². The average molecular weight is 292 g/mol. The summed E-state index contributed by atoms with van der Waals surface area (Å²) in [5.41, 5.74) is 0.870. The van der Waals surface area contributed by atoms with Crippen molar-refractivity contribution in [1.82, 2.24) is 4.90 Å². The minimum atomic E-state index is -0.216. The molecule has 1 aromatic carbocycles. The van der Waals surface area contributed by atoms with E-state index < -0.39 is 0 Å². The van der Waals surface area contributed by atoms with E-state index in [-0.39, 0.29) is 5.82 Å². The van der Waals surface area contributed by atoms with E-state index >= 15 is 0 Å². The summed E-state index contributed by atoms with van der Waals surface area (Å²) in [6.45, 7) is 1.05. The predicted octanol–water partition coefficient (Wildman–Crippen LogP) is 4.18. The molecule has 1 N–H and O–H groups in total. The summed E-state index contributed by atoms with van der Waals surface area (Å²) in [4.78, 5) is 2.37. The Morgan fingerprint density at radius 1 is 1.10 bits per heavy atom. The molecule has 1 aliphatic carbocycles. The average Bonchev–Trinajstić information content (AvgIpc) is 2.49. The zero-order chi connectivity index (χ0) is 13.9. The quantitative estimate of drug-likeness (QED) is 0.782. The van der Waals surface area contributed by atoms with Crippen LogP contribution < -0.4 is 5.32 Å². The van der Waals surface area contributed by atoms with Crippen molar-refractivity contribution in [2.45, 2.75) is 44.6 Å². The van der Waals surface area contributed by atoms with Crippen molar-refractivity contribution in [2.24, 2.45) is 5.92 Å². The van der Waals surface area contributed by atoms with Gasteiger partial charge in [-0.2, -0.15) is 0 Å². The summed E-state index contributed by atoms with van der Waals surface area (Å²) in [5, 5.41) is 4.06. The highest BCUT2D eigenvalue weighted by atomic mass is 32.1. The lowest BCUT2D eigenvalue weighted by atomic mass is 9.78. The molecule has 1 aromatic rings. The summed E-state index contributed by atoms with van der Waals surface area (Å²) in [7, 11) is 0. The van der Waals surface area contributed by atoms with Crippen molar-refractivity contribution in [3.05, 3.63) is 30.1 Å². The third-order valence-electron chi connectivity index (χ3n) is 4.60. The Bertz CT molecular complexity index is 472. The Morgan fingerprint density at radius 2 is 1.80 bits per heavy atom. The minimum Gasteiger partial charge on any atom is -0.346 e. The van der Waals surface area contributed by atoms with Crippen LogP contribution in [0.3, 0.4) is 0 Å². The summed E-state index contributed by atoms with van der Waals surface area (Å²) in [5.74, 6) is 0.595. The highest BCUT2D eigenvalue weighted by Gasteiger charge is 2.34. The molecule has 0 aromatic heterocycles. The molecule has 3 rings (SSSR count). The Kier molecular flexibility index (Phi) is 4.20. The third-order valence-corrected chi connectivity index (χ3v) is 4.94. The maximum Gasteiger partial charge on any atom is 0.173 e. The van der Waals surface area contributed by atoms with Gasteiger partial charge in [0.15, 0.2) is 5.11 Å². The topological polar surface area (TPSA) is 15.3 Å². The lowest BCUT2D eigenvalue weighted by molar-refractivity contribution is 0.121. The lowest BCUT2D eigenvalue weighted by Gasteiger charge is -2.45. The van der Waals surface area contributed by atoms with Crippen LogP contribution in [-0.4, -0.2) is 22.6 Å². The molecular formula is C16H21FN2S. The van der Waals surface area contributed by atoms with Crippen molar-refractivity contribution in [1.29, 1.82) is 0 Å². The number of hydrogen-bond acceptors (Lipinski definition) is 1. The van der Waals surface area contributed by atoms with E-state index in [0.717, 1.165) is 23.3 Å². The highest BCUT2D eigenvalue weighted by molar-refractivity contribution is 7.80. The van der Waals surface area contributed by atoms with E-state index in [9.17, 15) is 4.39 Å². The maximum absolute atomic E-state index is 12.9. The van der Waals surface area contributed by atoms with Gasteiger partial charge in [-0.25, -0.2) is 4.39 Å². The Hall–Kier alpha value is -1.16. The van der Waals surface area contributed by atoms with Gasteiger partial charge in [-0.05, 0) is 68.1 Å². The largest absolute Gasteiger partial charge is 0.346 e. The summed E-state index contributed by atoms with van der Waals surface area (Å²) < 4.78 is 12.9. The van der Waals surface area contributed by atoms with Gasteiger partial charge in [0.05, 0.1) is 0 Å². The number of likely N-dealkylation sites (tertiary alicyclic amines) is 1. The summed E-state index contributed by atoms with van der Waals surface area (Å²) in [6, 6.07) is 7.01. The fourth-order valence-electron chi connectivity index (χ4n) is 3.61. The number of nitrogens with zero attached hydrogens (tertiary/aromatic N) is 1. The van der Waals surface area contributed by atoms with E-state index in [2.05, 4.69) is 10.2 Å². The number of fused-ring (bicyclic) bond motifs is 1. The van der Waals surface area contributed by atoms with Crippen LogP contribution in [0, 0.1) is 11.7 Å². The van der Waals surface area contributed by atoms with Crippen molar-refractivity contribution >= 4 is 23.0 Å². The molecule has 0 bridgehead atoms. The van der Waals surface area contributed by atoms with Crippen molar-refractivity contribution in [3.8, 4) is 0 Å². The number of anilines is 1. The van der Waals surface area contributed by atoms with Crippen molar-refractivity contribution < 1.29 is 4.39 Å². The molecule has 0 radical (unpaired) electrons. The number of hydrogen-bond donors (Lipinski definition) is 1. The first-order valence-electron chi connectivity index (χ1n) is 7.57. The van der Waals surface area contributed by atoms with Gasteiger partial charge in [0.25, 0.3) is 0 Å². The fraction of sp³-hybridized carbons (Fsp3) is 0.562. The molecule has 1 heterocycles. The van der Waals surface area contributed by atoms with E-state index in [1.54, 1.807) is 12.1 Å². The normalized spacial score (nSPS) is 25.9. The van der Waals surface area contributed by atoms with Gasteiger partial charge in [0.2, 0.25) is 0 Å². The van der Waals surface area contributed by atoms with Crippen LogP contribution in [0.2, 0.25) is 0 Å². The molecule has 4 heteroatoms. The Balaban J connectivity index is 1.67. The SMILES string of the molecule is Fc1ccc(NC(=S)N2CCC[C@@H]3CCCC[C@@H]32)cc1. The zero-order valence-corrected chi connectivity index (χ0v) is 12.5. The zero-order valence-electron chi connectivity index (χ0n) is 11.6. The molecule has 2 aliphatic rings. The molecule has 2 fully saturated rings. The molecule has 0 spiro atoms. The first kappa shape index (κ1) is 13.8. The lowest BCUT2D eigenvalue weighted by Crippen LogP contribution is -2.51. The Morgan fingerprint density at radius 3 is 2.60 bits per heavy atom. The molecule has 2 atom stereocenters. The Labute approximate surface area is 125 Å². The first-order chi connectivity index (χ1) is 9.74. The van der Waals surface area contributed by atoms with Gasteiger partial charge < -0.3 is 10.2 Å². The van der Waals surface area contributed by atoms with Crippen LogP contribution in [0.4, 0.5) is 10.1 Å². The molecule has 1 saturated heterocycles. The van der Waals surface area contributed by atoms with Gasteiger partial charge in [0, 0.05) is 18.3 Å². The monoisotopic (exact) mass is 292 g/mol. The van der Waals surface area contributed by atoms with E-state index in [4.69, 9.17) is 12.2 Å². The number of nitrogens with one attached hydrogen (secondary N) is 1. The molecular weight excluding hydrogens is 271 g/mol. The van der Waals surface area contributed by atoms with Crippen LogP contribution in [0.25, 0.3) is 0 Å².